The average molecular weight is 437 g/mol. The third-order valence-corrected chi connectivity index (χ3v) is 6.23. The van der Waals surface area contributed by atoms with Crippen LogP contribution in [0.1, 0.15) is 50.0 Å². The van der Waals surface area contributed by atoms with Crippen molar-refractivity contribution < 1.29 is 14.3 Å². The van der Waals surface area contributed by atoms with Crippen LogP contribution in [-0.4, -0.2) is 42.9 Å². The lowest BCUT2D eigenvalue weighted by Gasteiger charge is -2.33. The summed E-state index contributed by atoms with van der Waals surface area (Å²) >= 11 is 12.8. The Kier molecular flexibility index (Phi) is 7.14. The smallest absolute Gasteiger partial charge is 0.182 e. The van der Waals surface area contributed by atoms with Crippen LogP contribution in [0.4, 0.5) is 5.69 Å². The largest absolute Gasteiger partial charge is 0.381 e. The number of aromatic nitrogens is 1. The van der Waals surface area contributed by atoms with Gasteiger partial charge >= 0.3 is 0 Å². The summed E-state index contributed by atoms with van der Waals surface area (Å²) in [6.07, 6.45) is 6.01. The van der Waals surface area contributed by atoms with Crippen LogP contribution in [0.15, 0.2) is 29.4 Å². The van der Waals surface area contributed by atoms with E-state index in [-0.39, 0.29) is 40.8 Å². The standard InChI is InChI=1S/C22H26Cl2N2O3/c1-13-10-14(2)16(19(28)11-13)4-5-18(27)22-21(24)17(12-20(23)25-22)26(3)15-6-8-29-9-7-15/h10-12,15-16H,4-9H2,1-3H3. The summed E-state index contributed by atoms with van der Waals surface area (Å²) in [5, 5.41) is 0.543. The van der Waals surface area contributed by atoms with Crippen molar-refractivity contribution in [1.82, 2.24) is 4.98 Å². The predicted molar refractivity (Wildman–Crippen MR) is 116 cm³/mol. The minimum Gasteiger partial charge on any atom is -0.381 e. The van der Waals surface area contributed by atoms with E-state index in [0.29, 0.717) is 30.3 Å². The van der Waals surface area contributed by atoms with Gasteiger partial charge in [-0.25, -0.2) is 4.98 Å². The van der Waals surface area contributed by atoms with Gasteiger partial charge in [-0.1, -0.05) is 34.9 Å². The summed E-state index contributed by atoms with van der Waals surface area (Å²) in [4.78, 5) is 31.4. The number of allylic oxidation sites excluding steroid dienone is 4. The van der Waals surface area contributed by atoms with Crippen LogP contribution < -0.4 is 4.90 Å². The van der Waals surface area contributed by atoms with Crippen LogP contribution in [0.3, 0.4) is 0 Å². The highest BCUT2D eigenvalue weighted by Gasteiger charge is 2.27. The van der Waals surface area contributed by atoms with Crippen LogP contribution in [0, 0.1) is 5.92 Å². The molecule has 29 heavy (non-hydrogen) atoms. The Balaban J connectivity index is 1.76. The molecule has 1 aromatic heterocycles. The maximum atomic E-state index is 12.9. The maximum Gasteiger partial charge on any atom is 0.182 e. The normalized spacial score (nSPS) is 20.3. The Labute approximate surface area is 181 Å². The lowest BCUT2D eigenvalue weighted by molar-refractivity contribution is -0.117. The fourth-order valence-electron chi connectivity index (χ4n) is 4.01. The van der Waals surface area contributed by atoms with Gasteiger partial charge in [0.15, 0.2) is 11.6 Å². The highest BCUT2D eigenvalue weighted by atomic mass is 35.5. The van der Waals surface area contributed by atoms with Gasteiger partial charge in [0.2, 0.25) is 0 Å². The number of hydrogen-bond donors (Lipinski definition) is 0. The van der Waals surface area contributed by atoms with Crippen LogP contribution in [0.2, 0.25) is 10.2 Å². The minimum absolute atomic E-state index is 0.0420. The lowest BCUT2D eigenvalue weighted by Crippen LogP contribution is -2.37. The second-order valence-corrected chi connectivity index (χ2v) is 8.54. The fraction of sp³-hybridized carbons (Fsp3) is 0.500. The van der Waals surface area contributed by atoms with Gasteiger partial charge in [0.05, 0.1) is 10.7 Å². The zero-order valence-corrected chi connectivity index (χ0v) is 18.5. The van der Waals surface area contributed by atoms with Crippen molar-refractivity contribution >= 4 is 40.5 Å². The van der Waals surface area contributed by atoms with E-state index in [1.807, 2.05) is 27.0 Å². The maximum absolute atomic E-state index is 12.9. The van der Waals surface area contributed by atoms with E-state index in [9.17, 15) is 9.59 Å². The minimum atomic E-state index is -0.273. The molecule has 0 N–H and O–H groups in total. The Morgan fingerprint density at radius 1 is 1.24 bits per heavy atom. The molecule has 2 heterocycles. The van der Waals surface area contributed by atoms with Crippen molar-refractivity contribution in [3.05, 3.63) is 45.2 Å². The molecule has 1 fully saturated rings. The molecule has 1 atom stereocenters. The number of ketones is 2. The Bertz CT molecular complexity index is 873. The van der Waals surface area contributed by atoms with E-state index in [2.05, 4.69) is 9.88 Å². The van der Waals surface area contributed by atoms with Crippen LogP contribution >= 0.6 is 23.2 Å². The predicted octanol–water partition coefficient (Wildman–Crippen LogP) is 5.06. The van der Waals surface area contributed by atoms with Crippen molar-refractivity contribution in [1.29, 1.82) is 0 Å². The molecule has 3 rings (SSSR count). The fourth-order valence-corrected chi connectivity index (χ4v) is 4.53. The number of rotatable bonds is 6. The molecule has 5 nitrogen and oxygen atoms in total. The molecule has 2 aliphatic rings. The van der Waals surface area contributed by atoms with Crippen molar-refractivity contribution in [2.24, 2.45) is 5.92 Å². The Morgan fingerprint density at radius 3 is 2.59 bits per heavy atom. The Morgan fingerprint density at radius 2 is 1.93 bits per heavy atom. The number of nitrogens with zero attached hydrogens (tertiary/aromatic N) is 2. The highest BCUT2D eigenvalue weighted by molar-refractivity contribution is 6.37. The molecule has 0 aromatic carbocycles. The number of Topliss-reactive ketones (excluding diaryl/α,β-unsaturated/α-hetero) is 1. The molecule has 0 amide bonds. The first-order valence-electron chi connectivity index (χ1n) is 9.88. The number of carbonyl (C=O) groups excluding carboxylic acids is 2. The molecule has 156 valence electrons. The zero-order chi connectivity index (χ0) is 21.1. The van der Waals surface area contributed by atoms with Crippen molar-refractivity contribution in [2.45, 2.75) is 45.6 Å². The number of pyridine rings is 1. The van der Waals surface area contributed by atoms with Crippen molar-refractivity contribution in [3.8, 4) is 0 Å². The summed E-state index contributed by atoms with van der Waals surface area (Å²) in [6, 6.07) is 1.96. The third kappa shape index (κ3) is 5.08. The van der Waals surface area contributed by atoms with E-state index in [1.54, 1.807) is 12.1 Å². The summed E-state index contributed by atoms with van der Waals surface area (Å²) in [5.41, 5.74) is 2.79. The molecule has 0 radical (unpaired) electrons. The molecular formula is C22H26Cl2N2O3. The molecule has 1 aromatic rings. The number of ether oxygens (including phenoxy) is 1. The van der Waals surface area contributed by atoms with Gasteiger partial charge in [-0.15, -0.1) is 0 Å². The molecule has 0 saturated carbocycles. The van der Waals surface area contributed by atoms with Gasteiger partial charge in [-0.3, -0.25) is 9.59 Å². The number of anilines is 1. The summed E-state index contributed by atoms with van der Waals surface area (Å²) < 4.78 is 5.43. The van der Waals surface area contributed by atoms with Crippen LogP contribution in [0.25, 0.3) is 0 Å². The van der Waals surface area contributed by atoms with Gasteiger partial charge in [-0.05, 0) is 44.8 Å². The highest BCUT2D eigenvalue weighted by Crippen LogP contribution is 2.34. The first-order valence-corrected chi connectivity index (χ1v) is 10.6. The first kappa shape index (κ1) is 22.0. The molecule has 1 aliphatic heterocycles. The van der Waals surface area contributed by atoms with E-state index >= 15 is 0 Å². The lowest BCUT2D eigenvalue weighted by atomic mass is 9.84. The van der Waals surface area contributed by atoms with Gasteiger partial charge in [0, 0.05) is 44.7 Å². The summed E-state index contributed by atoms with van der Waals surface area (Å²) in [5.74, 6) is -0.434. The molecule has 0 bridgehead atoms. The molecular weight excluding hydrogens is 411 g/mol. The summed E-state index contributed by atoms with van der Waals surface area (Å²) in [7, 11) is 1.95. The third-order valence-electron chi connectivity index (χ3n) is 5.67. The van der Waals surface area contributed by atoms with Gasteiger partial charge in [0.25, 0.3) is 0 Å². The van der Waals surface area contributed by atoms with E-state index in [0.717, 1.165) is 24.0 Å². The van der Waals surface area contributed by atoms with E-state index in [1.165, 1.54) is 0 Å². The first-order chi connectivity index (χ1) is 13.8. The van der Waals surface area contributed by atoms with E-state index < -0.39 is 0 Å². The SMILES string of the molecule is CC1=CC(=O)C(CCC(=O)c2nc(Cl)cc(N(C)C3CCOCC3)c2Cl)C(C)=C1. The number of halogens is 2. The number of hydrogen-bond acceptors (Lipinski definition) is 5. The van der Waals surface area contributed by atoms with Crippen molar-refractivity contribution in [3.63, 3.8) is 0 Å². The second kappa shape index (κ2) is 9.41. The Hall–Kier alpha value is -1.69. The van der Waals surface area contributed by atoms with Crippen LogP contribution in [0.5, 0.6) is 0 Å². The quantitative estimate of drug-likeness (QED) is 0.460. The van der Waals surface area contributed by atoms with Gasteiger partial charge < -0.3 is 9.64 Å². The topological polar surface area (TPSA) is 59.5 Å². The van der Waals surface area contributed by atoms with E-state index in [4.69, 9.17) is 27.9 Å². The second-order valence-electron chi connectivity index (χ2n) is 7.77. The molecule has 0 spiro atoms. The van der Waals surface area contributed by atoms with Gasteiger partial charge in [-0.2, -0.15) is 0 Å². The average Bonchev–Trinajstić information content (AvgIpc) is 2.68. The molecule has 1 saturated heterocycles. The van der Waals surface area contributed by atoms with Crippen molar-refractivity contribution in [2.75, 3.05) is 25.2 Å². The zero-order valence-electron chi connectivity index (χ0n) is 17.0. The van der Waals surface area contributed by atoms with Gasteiger partial charge in [0.1, 0.15) is 10.8 Å². The molecule has 1 unspecified atom stereocenters. The molecule has 1 aliphatic carbocycles. The molecule has 7 heteroatoms. The monoisotopic (exact) mass is 436 g/mol. The number of carbonyl (C=O) groups is 2. The van der Waals surface area contributed by atoms with Crippen LogP contribution in [-0.2, 0) is 9.53 Å². The summed E-state index contributed by atoms with van der Waals surface area (Å²) in [6.45, 7) is 5.23.